The molecule has 1 aromatic carbocycles. The molecular formula is C15H23NO3S3. The van der Waals surface area contributed by atoms with Crippen LogP contribution in [0.3, 0.4) is 0 Å². The molecule has 2 rings (SSSR count). The van der Waals surface area contributed by atoms with E-state index < -0.39 is 0 Å². The van der Waals surface area contributed by atoms with Crippen molar-refractivity contribution in [2.75, 3.05) is 52.3 Å². The molecule has 0 saturated carbocycles. The van der Waals surface area contributed by atoms with Crippen LogP contribution >= 0.6 is 11.8 Å². The van der Waals surface area contributed by atoms with Crippen LogP contribution in [0.5, 0.6) is 11.5 Å². The summed E-state index contributed by atoms with van der Waals surface area (Å²) in [5.41, 5.74) is 3.52. The standard InChI is InChI=1S/C15H23NO3S3/c1-16(2)11-9-7-8-21-15(19-5)10(9)14(22(6)20)13(18-4)12(11)17-3/h15H,7-8H2,1-6H3. The molecule has 22 heavy (non-hydrogen) atoms. The highest BCUT2D eigenvalue weighted by atomic mass is 32.8. The fourth-order valence-corrected chi connectivity index (χ4v) is 5.55. The fourth-order valence-electron chi connectivity index (χ4n) is 2.91. The summed E-state index contributed by atoms with van der Waals surface area (Å²) in [4.78, 5) is 3.14. The third-order valence-corrected chi connectivity index (χ3v) is 6.35. The van der Waals surface area contributed by atoms with Gasteiger partial charge in [-0.1, -0.05) is 9.45 Å². The minimum atomic E-state index is -0.369. The maximum Gasteiger partial charge on any atom is 0.185 e. The van der Waals surface area contributed by atoms with Crippen molar-refractivity contribution in [3.05, 3.63) is 11.1 Å². The van der Waals surface area contributed by atoms with E-state index in [9.17, 15) is 0 Å². The Bertz CT molecular complexity index is 590. The Morgan fingerprint density at radius 2 is 1.82 bits per heavy atom. The Balaban J connectivity index is 2.92. The highest BCUT2D eigenvalue weighted by Gasteiger charge is 2.33. The zero-order chi connectivity index (χ0) is 16.4. The van der Waals surface area contributed by atoms with Crippen molar-refractivity contribution in [1.29, 1.82) is 0 Å². The number of nitrogens with zero attached hydrogens (tertiary/aromatic N) is 1. The molecule has 0 amide bonds. The lowest BCUT2D eigenvalue weighted by Crippen LogP contribution is -2.21. The number of hydrogen-bond donors (Lipinski definition) is 0. The summed E-state index contributed by atoms with van der Waals surface area (Å²) in [7, 11) is 8.79. The van der Waals surface area contributed by atoms with Crippen LogP contribution in [0.25, 0.3) is 0 Å². The van der Waals surface area contributed by atoms with Gasteiger partial charge in [0, 0.05) is 32.5 Å². The van der Waals surface area contributed by atoms with Gasteiger partial charge in [-0.15, -0.1) is 11.8 Å². The lowest BCUT2D eigenvalue weighted by Gasteiger charge is -2.33. The number of ether oxygens (including phenoxy) is 3. The molecule has 1 aliphatic heterocycles. The van der Waals surface area contributed by atoms with E-state index in [1.807, 2.05) is 32.1 Å². The molecule has 0 fully saturated rings. The molecule has 4 nitrogen and oxygen atoms in total. The first kappa shape index (κ1) is 17.8. The van der Waals surface area contributed by atoms with E-state index in [0.29, 0.717) is 0 Å². The largest absolute Gasteiger partial charge is 0.492 e. The zero-order valence-corrected chi connectivity index (χ0v) is 16.3. The maximum absolute atomic E-state index is 5.72. The minimum absolute atomic E-state index is 0.00449. The monoisotopic (exact) mass is 361 g/mol. The molecule has 1 aliphatic rings. The normalized spacial score (nSPS) is 18.5. The van der Waals surface area contributed by atoms with Crippen molar-refractivity contribution >= 4 is 38.1 Å². The summed E-state index contributed by atoms with van der Waals surface area (Å²) in [6.45, 7) is 0. The molecule has 0 saturated heterocycles. The summed E-state index contributed by atoms with van der Waals surface area (Å²) in [6, 6.07) is 0. The molecule has 0 radical (unpaired) electrons. The third kappa shape index (κ3) is 2.96. The van der Waals surface area contributed by atoms with Crippen LogP contribution in [-0.2, 0) is 31.8 Å². The number of rotatable bonds is 5. The number of benzene rings is 1. The van der Waals surface area contributed by atoms with Gasteiger partial charge in [0.1, 0.15) is 5.44 Å². The molecule has 124 valence electrons. The first-order chi connectivity index (χ1) is 10.5. The van der Waals surface area contributed by atoms with Crippen LogP contribution in [0.4, 0.5) is 5.69 Å². The van der Waals surface area contributed by atoms with Gasteiger partial charge in [-0.3, -0.25) is 0 Å². The Morgan fingerprint density at radius 3 is 2.27 bits per heavy atom. The van der Waals surface area contributed by atoms with Crippen LogP contribution in [0.1, 0.15) is 16.6 Å². The van der Waals surface area contributed by atoms with Gasteiger partial charge in [0.15, 0.2) is 11.5 Å². The minimum Gasteiger partial charge on any atom is -0.492 e. The summed E-state index contributed by atoms with van der Waals surface area (Å²) in [5, 5.41) is 0. The molecule has 0 N–H and O–H groups in total. The van der Waals surface area contributed by atoms with Gasteiger partial charge in [0.2, 0.25) is 0 Å². The molecule has 2 unspecified atom stereocenters. The van der Waals surface area contributed by atoms with Crippen LogP contribution in [-0.4, -0.2) is 47.4 Å². The Morgan fingerprint density at radius 1 is 1.18 bits per heavy atom. The van der Waals surface area contributed by atoms with Gasteiger partial charge in [-0.25, -0.2) is 0 Å². The molecule has 0 bridgehead atoms. The summed E-state index contributed by atoms with van der Waals surface area (Å²) >= 11 is 7.43. The molecule has 1 aromatic rings. The van der Waals surface area contributed by atoms with Crippen molar-refractivity contribution in [1.82, 2.24) is 0 Å². The second-order valence-corrected chi connectivity index (χ2v) is 9.16. The number of thioether (sulfide) groups is 1. The van der Waals surface area contributed by atoms with Crippen molar-refractivity contribution < 1.29 is 14.2 Å². The topological polar surface area (TPSA) is 30.9 Å². The van der Waals surface area contributed by atoms with Gasteiger partial charge >= 0.3 is 0 Å². The van der Waals surface area contributed by atoms with Crippen LogP contribution < -0.4 is 14.4 Å². The van der Waals surface area contributed by atoms with Gasteiger partial charge in [0.05, 0.1) is 24.8 Å². The quantitative estimate of drug-likeness (QED) is 0.802. The van der Waals surface area contributed by atoms with E-state index in [1.165, 1.54) is 11.1 Å². The van der Waals surface area contributed by atoms with E-state index >= 15 is 0 Å². The van der Waals surface area contributed by atoms with Crippen LogP contribution in [0, 0.1) is 0 Å². The number of hydrogen-bond acceptors (Lipinski definition) is 6. The molecule has 2 atom stereocenters. The van der Waals surface area contributed by atoms with Crippen molar-refractivity contribution in [3.63, 3.8) is 0 Å². The van der Waals surface area contributed by atoms with Gasteiger partial charge in [-0.2, -0.15) is 0 Å². The average Bonchev–Trinajstić information content (AvgIpc) is 2.50. The Hall–Kier alpha value is -0.500. The van der Waals surface area contributed by atoms with E-state index in [1.54, 1.807) is 21.3 Å². The summed E-state index contributed by atoms with van der Waals surface area (Å²) in [6.07, 6.45) is 3.02. The lowest BCUT2D eigenvalue weighted by atomic mass is 10.00. The molecule has 0 aliphatic carbocycles. The second kappa shape index (κ2) is 7.38. The highest BCUT2D eigenvalue weighted by molar-refractivity contribution is 8.28. The second-order valence-electron chi connectivity index (χ2n) is 5.17. The smallest absolute Gasteiger partial charge is 0.185 e. The molecule has 7 heteroatoms. The van der Waals surface area contributed by atoms with E-state index in [2.05, 4.69) is 4.90 Å². The first-order valence-electron chi connectivity index (χ1n) is 6.93. The van der Waals surface area contributed by atoms with Gasteiger partial charge in [0.25, 0.3) is 0 Å². The van der Waals surface area contributed by atoms with E-state index in [-0.39, 0.29) is 14.9 Å². The third-order valence-electron chi connectivity index (χ3n) is 3.70. The van der Waals surface area contributed by atoms with Crippen molar-refractivity contribution in [2.45, 2.75) is 16.8 Å². The maximum atomic E-state index is 5.72. The van der Waals surface area contributed by atoms with E-state index in [0.717, 1.165) is 34.3 Å². The van der Waals surface area contributed by atoms with Crippen LogP contribution in [0.15, 0.2) is 4.90 Å². The number of anilines is 1. The Kier molecular flexibility index (Phi) is 5.99. The summed E-state index contributed by atoms with van der Waals surface area (Å²) < 4.78 is 17.1. The first-order valence-corrected chi connectivity index (χ1v) is 10.5. The average molecular weight is 362 g/mol. The van der Waals surface area contributed by atoms with Gasteiger partial charge in [-0.05, 0) is 29.4 Å². The molecular weight excluding hydrogens is 338 g/mol. The lowest BCUT2D eigenvalue weighted by molar-refractivity contribution is 0.171. The molecule has 0 spiro atoms. The van der Waals surface area contributed by atoms with E-state index in [4.69, 9.17) is 25.4 Å². The zero-order valence-electron chi connectivity index (χ0n) is 13.9. The number of fused-ring (bicyclic) bond motifs is 1. The van der Waals surface area contributed by atoms with Crippen LogP contribution in [0.2, 0.25) is 0 Å². The van der Waals surface area contributed by atoms with Gasteiger partial charge < -0.3 is 19.1 Å². The SMILES string of the molecule is COc1c(OC)c(S(C)=S)c2c(c1N(C)C)CCSC2OC. The molecule has 1 heterocycles. The number of methoxy groups -OCH3 is 3. The predicted molar refractivity (Wildman–Crippen MR) is 98.7 cm³/mol. The van der Waals surface area contributed by atoms with Crippen molar-refractivity contribution in [3.8, 4) is 11.5 Å². The fraction of sp³-hybridized carbons (Fsp3) is 0.600. The Labute approximate surface area is 144 Å². The molecule has 0 aromatic heterocycles. The summed E-state index contributed by atoms with van der Waals surface area (Å²) in [5.74, 6) is 2.54. The highest BCUT2D eigenvalue weighted by Crippen LogP contribution is 2.52. The van der Waals surface area contributed by atoms with Crippen molar-refractivity contribution in [2.24, 2.45) is 0 Å². The predicted octanol–water partition coefficient (Wildman–Crippen LogP) is 2.77.